The molecule has 1 saturated heterocycles. The minimum Gasteiger partial charge on any atom is -0.300 e. The summed E-state index contributed by atoms with van der Waals surface area (Å²) in [7, 11) is 0. The second-order valence-corrected chi connectivity index (χ2v) is 8.08. The van der Waals surface area contributed by atoms with Crippen LogP contribution in [0.15, 0.2) is 24.3 Å². The van der Waals surface area contributed by atoms with Crippen molar-refractivity contribution in [2.75, 3.05) is 13.1 Å². The Morgan fingerprint density at radius 1 is 0.905 bits per heavy atom. The molecule has 0 radical (unpaired) electrons. The third-order valence-corrected chi connectivity index (χ3v) is 6.10. The van der Waals surface area contributed by atoms with Crippen LogP contribution in [0.4, 0.5) is 0 Å². The standard InChI is InChI=1S/C19H32BN/c1-7-21(8-2)13-16-9-11-17(12-10-16)20-14-18(3,4)19(5,6)15-20/h9-12H,7-8,13-15H2,1-6H3. The first-order valence-electron chi connectivity index (χ1n) is 8.60. The van der Waals surface area contributed by atoms with Crippen LogP contribution in [0.5, 0.6) is 0 Å². The molecule has 1 aromatic carbocycles. The summed E-state index contributed by atoms with van der Waals surface area (Å²) in [6.45, 7) is 18.3. The Labute approximate surface area is 132 Å². The average molecular weight is 285 g/mol. The van der Waals surface area contributed by atoms with Gasteiger partial charge in [0.2, 0.25) is 0 Å². The highest BCUT2D eigenvalue weighted by Gasteiger charge is 2.47. The van der Waals surface area contributed by atoms with Crippen LogP contribution >= 0.6 is 0 Å². The van der Waals surface area contributed by atoms with Crippen LogP contribution in [-0.2, 0) is 6.54 Å². The van der Waals surface area contributed by atoms with Crippen molar-refractivity contribution in [3.63, 3.8) is 0 Å². The van der Waals surface area contributed by atoms with Crippen LogP contribution in [0, 0.1) is 10.8 Å². The number of hydrogen-bond acceptors (Lipinski definition) is 1. The van der Waals surface area contributed by atoms with Gasteiger partial charge in [-0.1, -0.05) is 83.9 Å². The van der Waals surface area contributed by atoms with Gasteiger partial charge in [-0.2, -0.15) is 0 Å². The summed E-state index contributed by atoms with van der Waals surface area (Å²) < 4.78 is 0. The summed E-state index contributed by atoms with van der Waals surface area (Å²) in [5.74, 6) is 0. The first-order valence-corrected chi connectivity index (χ1v) is 8.60. The van der Waals surface area contributed by atoms with E-state index in [9.17, 15) is 0 Å². The van der Waals surface area contributed by atoms with E-state index in [1.165, 1.54) is 23.7 Å². The Morgan fingerprint density at radius 3 is 1.81 bits per heavy atom. The topological polar surface area (TPSA) is 3.24 Å². The summed E-state index contributed by atoms with van der Waals surface area (Å²) >= 11 is 0. The van der Waals surface area contributed by atoms with Crippen molar-refractivity contribution < 1.29 is 0 Å². The van der Waals surface area contributed by atoms with Gasteiger partial charge < -0.3 is 0 Å². The van der Waals surface area contributed by atoms with E-state index in [1.54, 1.807) is 0 Å². The molecule has 0 unspecified atom stereocenters. The Morgan fingerprint density at radius 2 is 1.38 bits per heavy atom. The van der Waals surface area contributed by atoms with Gasteiger partial charge in [-0.05, 0) is 29.5 Å². The molecule has 116 valence electrons. The number of nitrogens with zero attached hydrogens (tertiary/aromatic N) is 1. The van der Waals surface area contributed by atoms with E-state index in [-0.39, 0.29) is 0 Å². The zero-order chi connectivity index (χ0) is 15.7. The van der Waals surface area contributed by atoms with Crippen molar-refractivity contribution in [2.24, 2.45) is 10.8 Å². The van der Waals surface area contributed by atoms with Gasteiger partial charge in [-0.15, -0.1) is 0 Å². The number of rotatable bonds is 5. The minimum absolute atomic E-state index is 0.442. The van der Waals surface area contributed by atoms with Crippen LogP contribution in [0.1, 0.15) is 47.1 Å². The van der Waals surface area contributed by atoms with E-state index in [0.29, 0.717) is 10.8 Å². The molecule has 2 heteroatoms. The molecule has 0 aliphatic carbocycles. The predicted octanol–water partition coefficient (Wildman–Crippen LogP) is 4.30. The van der Waals surface area contributed by atoms with Crippen LogP contribution < -0.4 is 5.46 Å². The lowest BCUT2D eigenvalue weighted by Gasteiger charge is -2.35. The Bertz CT molecular complexity index is 441. The Balaban J connectivity index is 2.07. The van der Waals surface area contributed by atoms with Gasteiger partial charge in [-0.25, -0.2) is 0 Å². The highest BCUT2D eigenvalue weighted by Crippen LogP contribution is 2.52. The predicted molar refractivity (Wildman–Crippen MR) is 95.6 cm³/mol. The second-order valence-electron chi connectivity index (χ2n) is 8.08. The summed E-state index contributed by atoms with van der Waals surface area (Å²) in [5.41, 5.74) is 3.87. The van der Waals surface area contributed by atoms with Crippen molar-refractivity contribution >= 4 is 12.2 Å². The van der Waals surface area contributed by atoms with Crippen LogP contribution in [0.3, 0.4) is 0 Å². The molecule has 2 rings (SSSR count). The summed E-state index contributed by atoms with van der Waals surface area (Å²) in [6, 6.07) is 9.43. The number of benzene rings is 1. The molecule has 1 nitrogen and oxygen atoms in total. The fraction of sp³-hybridized carbons (Fsp3) is 0.684. The molecule has 0 aromatic heterocycles. The van der Waals surface area contributed by atoms with Crippen molar-refractivity contribution in [2.45, 2.75) is 60.7 Å². The first-order chi connectivity index (χ1) is 9.79. The van der Waals surface area contributed by atoms with E-state index in [2.05, 4.69) is 70.7 Å². The third kappa shape index (κ3) is 3.53. The monoisotopic (exact) mass is 285 g/mol. The zero-order valence-corrected chi connectivity index (χ0v) is 14.9. The van der Waals surface area contributed by atoms with Gasteiger partial charge in [0.1, 0.15) is 0 Å². The summed E-state index contributed by atoms with van der Waals surface area (Å²) in [5, 5.41) is 0. The lowest BCUT2D eigenvalue weighted by Crippen LogP contribution is -2.28. The van der Waals surface area contributed by atoms with Gasteiger partial charge in [0, 0.05) is 6.54 Å². The molecule has 0 bridgehead atoms. The molecule has 0 N–H and O–H groups in total. The largest absolute Gasteiger partial charge is 0.300 e. The van der Waals surface area contributed by atoms with Crippen molar-refractivity contribution in [3.05, 3.63) is 29.8 Å². The van der Waals surface area contributed by atoms with E-state index >= 15 is 0 Å². The van der Waals surface area contributed by atoms with E-state index < -0.39 is 0 Å². The molecule has 1 aliphatic rings. The van der Waals surface area contributed by atoms with Crippen LogP contribution in [0.25, 0.3) is 0 Å². The highest BCUT2D eigenvalue weighted by atomic mass is 15.1. The average Bonchev–Trinajstić information content (AvgIpc) is 2.65. The second kappa shape index (κ2) is 6.16. The molecule has 0 spiro atoms. The SMILES string of the molecule is CCN(CC)Cc1ccc(B2CC(C)(C)C(C)(C)C2)cc1. The van der Waals surface area contributed by atoms with Crippen molar-refractivity contribution in [1.82, 2.24) is 4.90 Å². The molecule has 1 fully saturated rings. The fourth-order valence-electron chi connectivity index (χ4n) is 3.69. The molecule has 1 aliphatic heterocycles. The summed E-state index contributed by atoms with van der Waals surface area (Å²) in [6.07, 6.45) is 2.63. The van der Waals surface area contributed by atoms with Crippen LogP contribution in [0.2, 0.25) is 12.6 Å². The highest BCUT2D eigenvalue weighted by molar-refractivity contribution is 6.74. The normalized spacial score (nSPS) is 20.2. The Hall–Kier alpha value is -0.755. The minimum atomic E-state index is 0.442. The molecular weight excluding hydrogens is 253 g/mol. The maximum absolute atomic E-state index is 2.47. The van der Waals surface area contributed by atoms with Gasteiger partial charge in [0.05, 0.1) is 0 Å². The molecule has 0 atom stereocenters. The lowest BCUT2D eigenvalue weighted by molar-refractivity contribution is 0.177. The van der Waals surface area contributed by atoms with Gasteiger partial charge in [0.25, 0.3) is 0 Å². The smallest absolute Gasteiger partial charge is 0.176 e. The van der Waals surface area contributed by atoms with E-state index in [1.807, 2.05) is 0 Å². The molecule has 1 aromatic rings. The first kappa shape index (κ1) is 16.6. The quantitative estimate of drug-likeness (QED) is 0.729. The molecule has 1 heterocycles. The van der Waals surface area contributed by atoms with Gasteiger partial charge in [-0.3, -0.25) is 4.90 Å². The fourth-order valence-corrected chi connectivity index (χ4v) is 3.69. The number of hydrogen-bond donors (Lipinski definition) is 0. The summed E-state index contributed by atoms with van der Waals surface area (Å²) in [4.78, 5) is 2.47. The maximum atomic E-state index is 2.47. The lowest BCUT2D eigenvalue weighted by atomic mass is 9.42. The third-order valence-electron chi connectivity index (χ3n) is 6.10. The molecule has 0 amide bonds. The molecular formula is C19H32BN. The Kier molecular flexibility index (Phi) is 4.87. The van der Waals surface area contributed by atoms with Gasteiger partial charge in [0.15, 0.2) is 6.71 Å². The maximum Gasteiger partial charge on any atom is 0.176 e. The van der Waals surface area contributed by atoms with Crippen molar-refractivity contribution in [1.29, 1.82) is 0 Å². The van der Waals surface area contributed by atoms with Crippen LogP contribution in [-0.4, -0.2) is 24.7 Å². The van der Waals surface area contributed by atoms with E-state index in [4.69, 9.17) is 0 Å². The van der Waals surface area contributed by atoms with Crippen molar-refractivity contribution in [3.8, 4) is 0 Å². The molecule has 21 heavy (non-hydrogen) atoms. The molecule has 0 saturated carbocycles. The van der Waals surface area contributed by atoms with E-state index in [0.717, 1.165) is 26.3 Å². The van der Waals surface area contributed by atoms with Gasteiger partial charge >= 0.3 is 0 Å². The zero-order valence-electron chi connectivity index (χ0n) is 14.9.